The highest BCUT2D eigenvalue weighted by Crippen LogP contribution is 2.32. The lowest BCUT2D eigenvalue weighted by Gasteiger charge is -2.09. The van der Waals surface area contributed by atoms with Gasteiger partial charge in [-0.05, 0) is 42.5 Å². The molecule has 0 unspecified atom stereocenters. The summed E-state index contributed by atoms with van der Waals surface area (Å²) in [5.74, 6) is 2.22. The number of nitrogens with one attached hydrogen (secondary N) is 1. The molecule has 3 aromatic carbocycles. The number of fused-ring (bicyclic) bond motifs is 1. The molecule has 140 valence electrons. The van der Waals surface area contributed by atoms with E-state index in [0.29, 0.717) is 17.3 Å². The molecule has 0 aliphatic rings. The number of phenols is 1. The molecular weight excluding hydrogens is 354 g/mol. The van der Waals surface area contributed by atoms with Gasteiger partial charge in [-0.25, -0.2) is 4.99 Å². The lowest BCUT2D eigenvalue weighted by Crippen LogP contribution is -2.70. The van der Waals surface area contributed by atoms with Crippen LogP contribution in [0.4, 0.5) is 5.69 Å². The zero-order chi connectivity index (χ0) is 19.5. The van der Waals surface area contributed by atoms with E-state index in [-0.39, 0.29) is 5.75 Å². The van der Waals surface area contributed by atoms with Crippen molar-refractivity contribution in [1.29, 1.82) is 0 Å². The van der Waals surface area contributed by atoms with Crippen molar-refractivity contribution in [3.05, 3.63) is 78.2 Å². The van der Waals surface area contributed by atoms with E-state index in [1.54, 1.807) is 26.4 Å². The van der Waals surface area contributed by atoms with Crippen LogP contribution in [0.3, 0.4) is 0 Å². The molecule has 4 aromatic rings. The smallest absolute Gasteiger partial charge is 0.218 e. The van der Waals surface area contributed by atoms with Gasteiger partial charge in [0.2, 0.25) is 11.0 Å². The third-order valence-electron chi connectivity index (χ3n) is 4.49. The maximum absolute atomic E-state index is 9.51. The Morgan fingerprint density at radius 1 is 0.821 bits per heavy atom. The molecule has 0 saturated carbocycles. The maximum Gasteiger partial charge on any atom is 0.218 e. The zero-order valence-corrected chi connectivity index (χ0v) is 15.6. The van der Waals surface area contributed by atoms with Gasteiger partial charge in [-0.15, -0.1) is 0 Å². The van der Waals surface area contributed by atoms with Gasteiger partial charge in [-0.1, -0.05) is 12.1 Å². The lowest BCUT2D eigenvalue weighted by molar-refractivity contribution is -0.400. The third-order valence-corrected chi connectivity index (χ3v) is 4.49. The van der Waals surface area contributed by atoms with Crippen LogP contribution in [0.1, 0.15) is 0 Å². The highest BCUT2D eigenvalue weighted by atomic mass is 16.5. The van der Waals surface area contributed by atoms with E-state index >= 15 is 0 Å². The SMILES string of the molecule is COc1ccc(-c2cc(=[NH+]c3ccc(O)cc3)c3ccccc3o2)cc1OC. The van der Waals surface area contributed by atoms with Crippen LogP contribution in [-0.4, -0.2) is 19.3 Å². The molecule has 4 rings (SSSR count). The molecule has 0 spiro atoms. The van der Waals surface area contributed by atoms with Crippen LogP contribution >= 0.6 is 0 Å². The summed E-state index contributed by atoms with van der Waals surface area (Å²) in [7, 11) is 3.22. The summed E-state index contributed by atoms with van der Waals surface area (Å²) >= 11 is 0. The molecule has 1 aromatic heterocycles. The van der Waals surface area contributed by atoms with Crippen molar-refractivity contribution in [1.82, 2.24) is 0 Å². The summed E-state index contributed by atoms with van der Waals surface area (Å²) in [6.45, 7) is 0. The molecule has 0 saturated heterocycles. The number of benzene rings is 3. The van der Waals surface area contributed by atoms with Crippen molar-refractivity contribution < 1.29 is 24.0 Å². The normalized spacial score (nSPS) is 11.6. The monoisotopic (exact) mass is 374 g/mol. The number of aromatic hydroxyl groups is 1. The highest BCUT2D eigenvalue weighted by molar-refractivity contribution is 5.78. The van der Waals surface area contributed by atoms with Gasteiger partial charge >= 0.3 is 0 Å². The molecule has 0 fully saturated rings. The first-order chi connectivity index (χ1) is 13.7. The topological polar surface area (TPSA) is 65.8 Å². The molecule has 1 heterocycles. The molecule has 0 bridgehead atoms. The van der Waals surface area contributed by atoms with Crippen LogP contribution in [-0.2, 0) is 0 Å². The van der Waals surface area contributed by atoms with Gasteiger partial charge in [0.15, 0.2) is 11.5 Å². The van der Waals surface area contributed by atoms with Gasteiger partial charge in [0.1, 0.15) is 17.1 Å². The van der Waals surface area contributed by atoms with Crippen LogP contribution in [0.15, 0.2) is 77.2 Å². The Labute approximate surface area is 162 Å². The van der Waals surface area contributed by atoms with Gasteiger partial charge in [-0.3, -0.25) is 0 Å². The number of phenolic OH excluding ortho intramolecular Hbond substituents is 1. The maximum atomic E-state index is 9.51. The predicted molar refractivity (Wildman–Crippen MR) is 107 cm³/mol. The Hall–Kier alpha value is -3.73. The standard InChI is InChI=1S/C23H19NO4/c1-26-21-12-7-15(13-23(21)27-2)22-14-19(18-5-3-4-6-20(18)28-22)24-16-8-10-17(25)11-9-16/h3-14,25H,1-2H3/p+1. The van der Waals surface area contributed by atoms with Gasteiger partial charge < -0.3 is 19.0 Å². The number of ether oxygens (including phenoxy) is 2. The fourth-order valence-corrected chi connectivity index (χ4v) is 3.07. The Kier molecular flexibility index (Phi) is 4.72. The molecule has 0 radical (unpaired) electrons. The molecule has 2 N–H and O–H groups in total. The Morgan fingerprint density at radius 2 is 1.57 bits per heavy atom. The summed E-state index contributed by atoms with van der Waals surface area (Å²) in [6, 6.07) is 22.4. The minimum atomic E-state index is 0.226. The van der Waals surface area contributed by atoms with E-state index in [0.717, 1.165) is 27.6 Å². The summed E-state index contributed by atoms with van der Waals surface area (Å²) in [5.41, 5.74) is 2.50. The lowest BCUT2D eigenvalue weighted by atomic mass is 10.1. The van der Waals surface area contributed by atoms with Crippen LogP contribution in [0, 0.1) is 0 Å². The van der Waals surface area contributed by atoms with Crippen molar-refractivity contribution in [3.8, 4) is 28.6 Å². The fraction of sp³-hybridized carbons (Fsp3) is 0.0870. The first-order valence-corrected chi connectivity index (χ1v) is 8.82. The van der Waals surface area contributed by atoms with Gasteiger partial charge in [0.05, 0.1) is 25.7 Å². The first kappa shape index (κ1) is 17.7. The van der Waals surface area contributed by atoms with Crippen molar-refractivity contribution in [2.24, 2.45) is 0 Å². The molecule has 0 aliphatic carbocycles. The molecule has 0 aliphatic heterocycles. The van der Waals surface area contributed by atoms with E-state index in [4.69, 9.17) is 13.9 Å². The van der Waals surface area contributed by atoms with Gasteiger partial charge in [0, 0.05) is 17.7 Å². The second kappa shape index (κ2) is 7.48. The Morgan fingerprint density at radius 3 is 2.32 bits per heavy atom. The molecule has 0 atom stereocenters. The van der Waals surface area contributed by atoms with Crippen LogP contribution in [0.5, 0.6) is 17.2 Å². The summed E-state index contributed by atoms with van der Waals surface area (Å²) in [5, 5.41) is 11.4. The highest BCUT2D eigenvalue weighted by Gasteiger charge is 2.12. The number of methoxy groups -OCH3 is 2. The summed E-state index contributed by atoms with van der Waals surface area (Å²) in [4.78, 5) is 3.41. The van der Waals surface area contributed by atoms with Crippen molar-refractivity contribution in [3.63, 3.8) is 0 Å². The Balaban J connectivity index is 1.93. The van der Waals surface area contributed by atoms with E-state index in [1.165, 1.54) is 0 Å². The molecule has 28 heavy (non-hydrogen) atoms. The second-order valence-electron chi connectivity index (χ2n) is 6.26. The largest absolute Gasteiger partial charge is 0.508 e. The second-order valence-corrected chi connectivity index (χ2v) is 6.26. The van der Waals surface area contributed by atoms with E-state index < -0.39 is 0 Å². The molecule has 0 amide bonds. The van der Waals surface area contributed by atoms with Crippen molar-refractivity contribution in [2.75, 3.05) is 14.2 Å². The Bertz CT molecular complexity index is 1190. The zero-order valence-electron chi connectivity index (χ0n) is 15.6. The van der Waals surface area contributed by atoms with Gasteiger partial charge in [0.25, 0.3) is 0 Å². The van der Waals surface area contributed by atoms with E-state index in [1.807, 2.05) is 60.7 Å². The van der Waals surface area contributed by atoms with Crippen LogP contribution < -0.4 is 19.8 Å². The summed E-state index contributed by atoms with van der Waals surface area (Å²) in [6.07, 6.45) is 0. The quantitative estimate of drug-likeness (QED) is 0.539. The molecule has 5 heteroatoms. The van der Waals surface area contributed by atoms with E-state index in [9.17, 15) is 5.11 Å². The molecule has 5 nitrogen and oxygen atoms in total. The minimum Gasteiger partial charge on any atom is -0.508 e. The number of hydrogen-bond donors (Lipinski definition) is 2. The molecular formula is C23H20NO4+. The average molecular weight is 374 g/mol. The average Bonchev–Trinajstić information content (AvgIpc) is 2.74. The minimum absolute atomic E-state index is 0.226. The predicted octanol–water partition coefficient (Wildman–Crippen LogP) is 3.14. The van der Waals surface area contributed by atoms with E-state index in [2.05, 4.69) is 4.99 Å². The van der Waals surface area contributed by atoms with Crippen LogP contribution in [0.2, 0.25) is 0 Å². The number of para-hydroxylation sites is 1. The third kappa shape index (κ3) is 3.42. The van der Waals surface area contributed by atoms with Crippen molar-refractivity contribution in [2.45, 2.75) is 0 Å². The van der Waals surface area contributed by atoms with Gasteiger partial charge in [-0.2, -0.15) is 0 Å². The number of hydrogen-bond acceptors (Lipinski definition) is 4. The number of rotatable bonds is 4. The van der Waals surface area contributed by atoms with Crippen LogP contribution in [0.25, 0.3) is 22.3 Å². The van der Waals surface area contributed by atoms with Crippen molar-refractivity contribution >= 4 is 16.7 Å². The fourth-order valence-electron chi connectivity index (χ4n) is 3.07. The first-order valence-electron chi connectivity index (χ1n) is 8.82. The summed E-state index contributed by atoms with van der Waals surface area (Å²) < 4.78 is 16.9.